The summed E-state index contributed by atoms with van der Waals surface area (Å²) in [5.74, 6) is 0.237. The molecule has 0 aliphatic carbocycles. The Morgan fingerprint density at radius 3 is 1.88 bits per heavy atom. The molecule has 0 radical (unpaired) electrons. The van der Waals surface area contributed by atoms with Crippen LogP contribution in [0.25, 0.3) is 0 Å². The van der Waals surface area contributed by atoms with E-state index in [0.29, 0.717) is 13.2 Å². The summed E-state index contributed by atoms with van der Waals surface area (Å²) in [4.78, 5) is 0. The molecule has 4 heteroatoms. The lowest BCUT2D eigenvalue weighted by Crippen LogP contribution is -2.02. The summed E-state index contributed by atoms with van der Waals surface area (Å²) in [6.07, 6.45) is -0.0261. The van der Waals surface area contributed by atoms with E-state index < -0.39 is 0 Å². The number of benzene rings is 1. The Labute approximate surface area is 102 Å². The summed E-state index contributed by atoms with van der Waals surface area (Å²) < 4.78 is 15.4. The standard InChI is InChI=1S/C13H20O4/c1-9(17-4)10-5-11(7-15-2)13(14)12(6-10)8-16-3/h5-6,9,14H,7-8H2,1-4H3. The first-order chi connectivity index (χ1) is 8.13. The topological polar surface area (TPSA) is 47.9 Å². The highest BCUT2D eigenvalue weighted by molar-refractivity contribution is 5.44. The highest BCUT2D eigenvalue weighted by Gasteiger charge is 2.13. The van der Waals surface area contributed by atoms with Crippen LogP contribution in [0.1, 0.15) is 29.7 Å². The molecular formula is C13H20O4. The maximum absolute atomic E-state index is 10.0. The van der Waals surface area contributed by atoms with Gasteiger partial charge in [-0.05, 0) is 24.6 Å². The average Bonchev–Trinajstić information content (AvgIpc) is 2.33. The van der Waals surface area contributed by atoms with Crippen LogP contribution in [0, 0.1) is 0 Å². The van der Waals surface area contributed by atoms with Gasteiger partial charge in [0.25, 0.3) is 0 Å². The third kappa shape index (κ3) is 3.43. The zero-order valence-corrected chi connectivity index (χ0v) is 10.8. The maximum atomic E-state index is 10.0. The smallest absolute Gasteiger partial charge is 0.126 e. The van der Waals surface area contributed by atoms with Crippen molar-refractivity contribution in [3.63, 3.8) is 0 Å². The second kappa shape index (κ2) is 6.59. The van der Waals surface area contributed by atoms with Gasteiger partial charge in [-0.3, -0.25) is 0 Å². The van der Waals surface area contributed by atoms with Crippen LogP contribution >= 0.6 is 0 Å². The number of phenolic OH excluding ortho intramolecular Hbond substituents is 1. The molecule has 0 spiro atoms. The molecule has 1 atom stereocenters. The van der Waals surface area contributed by atoms with E-state index in [2.05, 4.69) is 0 Å². The number of phenols is 1. The summed E-state index contributed by atoms with van der Waals surface area (Å²) in [5.41, 5.74) is 2.51. The number of ether oxygens (including phenoxy) is 3. The van der Waals surface area contributed by atoms with Crippen molar-refractivity contribution in [3.05, 3.63) is 28.8 Å². The van der Waals surface area contributed by atoms with Crippen LogP contribution in [0.4, 0.5) is 0 Å². The summed E-state index contributed by atoms with van der Waals surface area (Å²) in [6.45, 7) is 2.69. The Morgan fingerprint density at radius 2 is 1.53 bits per heavy atom. The molecule has 4 nitrogen and oxygen atoms in total. The normalized spacial score (nSPS) is 12.7. The highest BCUT2D eigenvalue weighted by Crippen LogP contribution is 2.29. The molecule has 0 aliphatic rings. The molecule has 1 unspecified atom stereocenters. The van der Waals surface area contributed by atoms with E-state index in [4.69, 9.17) is 14.2 Å². The number of methoxy groups -OCH3 is 3. The van der Waals surface area contributed by atoms with Crippen LogP contribution in [0.2, 0.25) is 0 Å². The first-order valence-corrected chi connectivity index (χ1v) is 5.49. The monoisotopic (exact) mass is 240 g/mol. The molecule has 0 heterocycles. The quantitative estimate of drug-likeness (QED) is 0.829. The van der Waals surface area contributed by atoms with E-state index in [1.165, 1.54) is 0 Å². The van der Waals surface area contributed by atoms with Crippen molar-refractivity contribution in [3.8, 4) is 5.75 Å². The van der Waals surface area contributed by atoms with Crippen LogP contribution in [-0.2, 0) is 27.4 Å². The SMILES string of the molecule is COCc1cc(C(C)OC)cc(COC)c1O. The van der Waals surface area contributed by atoms with Gasteiger partial charge in [-0.1, -0.05) is 0 Å². The third-order valence-corrected chi connectivity index (χ3v) is 2.71. The van der Waals surface area contributed by atoms with Crippen molar-refractivity contribution in [2.75, 3.05) is 21.3 Å². The number of aromatic hydroxyl groups is 1. The van der Waals surface area contributed by atoms with Gasteiger partial charge in [0.05, 0.1) is 19.3 Å². The Kier molecular flexibility index (Phi) is 5.41. The molecule has 0 fully saturated rings. The minimum atomic E-state index is -0.0261. The van der Waals surface area contributed by atoms with Gasteiger partial charge in [0.1, 0.15) is 5.75 Å². The molecule has 96 valence electrons. The van der Waals surface area contributed by atoms with Crippen molar-refractivity contribution in [1.29, 1.82) is 0 Å². The van der Waals surface area contributed by atoms with E-state index in [1.807, 2.05) is 19.1 Å². The molecule has 0 aliphatic heterocycles. The van der Waals surface area contributed by atoms with Crippen molar-refractivity contribution in [1.82, 2.24) is 0 Å². The number of rotatable bonds is 6. The van der Waals surface area contributed by atoms with Crippen LogP contribution in [0.5, 0.6) is 5.75 Å². The fourth-order valence-corrected chi connectivity index (χ4v) is 1.69. The first-order valence-electron chi connectivity index (χ1n) is 5.49. The van der Waals surface area contributed by atoms with Gasteiger partial charge >= 0.3 is 0 Å². The average molecular weight is 240 g/mol. The molecule has 0 bridgehead atoms. The lowest BCUT2D eigenvalue weighted by atomic mass is 10.0. The van der Waals surface area contributed by atoms with E-state index in [-0.39, 0.29) is 11.9 Å². The van der Waals surface area contributed by atoms with Gasteiger partial charge < -0.3 is 19.3 Å². The van der Waals surface area contributed by atoms with Gasteiger partial charge in [-0.25, -0.2) is 0 Å². The maximum Gasteiger partial charge on any atom is 0.126 e. The first kappa shape index (κ1) is 14.0. The van der Waals surface area contributed by atoms with Crippen LogP contribution in [0.15, 0.2) is 12.1 Å². The van der Waals surface area contributed by atoms with Crippen LogP contribution in [0.3, 0.4) is 0 Å². The highest BCUT2D eigenvalue weighted by atomic mass is 16.5. The van der Waals surface area contributed by atoms with Gasteiger partial charge in [-0.15, -0.1) is 0 Å². The van der Waals surface area contributed by atoms with Crippen molar-refractivity contribution < 1.29 is 19.3 Å². The van der Waals surface area contributed by atoms with Gasteiger partial charge in [0.15, 0.2) is 0 Å². The number of hydrogen-bond donors (Lipinski definition) is 1. The Balaban J connectivity index is 3.15. The predicted molar refractivity (Wildman–Crippen MR) is 65.0 cm³/mol. The van der Waals surface area contributed by atoms with E-state index in [9.17, 15) is 5.11 Å². The number of hydrogen-bond acceptors (Lipinski definition) is 4. The molecule has 0 saturated heterocycles. The molecule has 1 aromatic carbocycles. The zero-order valence-electron chi connectivity index (χ0n) is 10.8. The molecular weight excluding hydrogens is 220 g/mol. The third-order valence-electron chi connectivity index (χ3n) is 2.71. The van der Waals surface area contributed by atoms with Gasteiger partial charge in [0, 0.05) is 32.5 Å². The van der Waals surface area contributed by atoms with Gasteiger partial charge in [0.2, 0.25) is 0 Å². The summed E-state index contributed by atoms with van der Waals surface area (Å²) in [6, 6.07) is 3.79. The van der Waals surface area contributed by atoms with E-state index in [0.717, 1.165) is 16.7 Å². The molecule has 1 N–H and O–H groups in total. The summed E-state index contributed by atoms with van der Waals surface area (Å²) in [5, 5.41) is 10.0. The molecule has 1 aromatic rings. The molecule has 0 saturated carbocycles. The molecule has 17 heavy (non-hydrogen) atoms. The fourth-order valence-electron chi connectivity index (χ4n) is 1.69. The van der Waals surface area contributed by atoms with Gasteiger partial charge in [-0.2, -0.15) is 0 Å². The van der Waals surface area contributed by atoms with E-state index >= 15 is 0 Å². The van der Waals surface area contributed by atoms with Crippen molar-refractivity contribution >= 4 is 0 Å². The van der Waals surface area contributed by atoms with Crippen molar-refractivity contribution in [2.45, 2.75) is 26.2 Å². The van der Waals surface area contributed by atoms with Crippen LogP contribution < -0.4 is 0 Å². The predicted octanol–water partition coefficient (Wildman–Crippen LogP) is 2.39. The minimum absolute atomic E-state index is 0.0261. The van der Waals surface area contributed by atoms with Crippen molar-refractivity contribution in [2.24, 2.45) is 0 Å². The summed E-state index contributed by atoms with van der Waals surface area (Å²) in [7, 11) is 4.85. The second-order valence-corrected chi connectivity index (χ2v) is 3.93. The lowest BCUT2D eigenvalue weighted by molar-refractivity contribution is 0.118. The second-order valence-electron chi connectivity index (χ2n) is 3.93. The Hall–Kier alpha value is -1.10. The molecule has 0 amide bonds. The fraction of sp³-hybridized carbons (Fsp3) is 0.538. The van der Waals surface area contributed by atoms with E-state index in [1.54, 1.807) is 21.3 Å². The van der Waals surface area contributed by atoms with Crippen LogP contribution in [-0.4, -0.2) is 26.4 Å². The summed E-state index contributed by atoms with van der Waals surface area (Å²) >= 11 is 0. The Morgan fingerprint density at radius 1 is 1.06 bits per heavy atom. The largest absolute Gasteiger partial charge is 0.507 e. The minimum Gasteiger partial charge on any atom is -0.507 e. The lowest BCUT2D eigenvalue weighted by Gasteiger charge is -2.16. The Bertz CT molecular complexity index is 335. The zero-order chi connectivity index (χ0) is 12.8. The molecule has 1 rings (SSSR count). The molecule has 0 aromatic heterocycles.